The molecule has 0 N–H and O–H groups in total. The second-order valence-electron chi connectivity index (χ2n) is 11.7. The summed E-state index contributed by atoms with van der Waals surface area (Å²) in [6.45, 7) is 8.27. The van der Waals surface area contributed by atoms with Gasteiger partial charge in [0.15, 0.2) is 0 Å². The van der Waals surface area contributed by atoms with Gasteiger partial charge in [-0.25, -0.2) is 0 Å². The van der Waals surface area contributed by atoms with Crippen LogP contribution in [0.15, 0.2) is 152 Å². The fraction of sp³-hybridized carbons (Fsp3) is 0.0870. The zero-order valence-corrected chi connectivity index (χ0v) is 27.0. The predicted octanol–water partition coefficient (Wildman–Crippen LogP) is 13.7. The molecule has 0 unspecified atom stereocenters. The third-order valence-corrected chi connectivity index (χ3v) is 9.09. The molecule has 0 saturated carbocycles. The maximum absolute atomic E-state index is 2.34. The van der Waals surface area contributed by atoms with E-state index in [-0.39, 0.29) is 0 Å². The summed E-state index contributed by atoms with van der Waals surface area (Å²) in [5.74, 6) is 0. The summed E-state index contributed by atoms with van der Waals surface area (Å²) in [5.41, 5.74) is 10.1. The van der Waals surface area contributed by atoms with Crippen molar-refractivity contribution in [3.63, 3.8) is 0 Å². The van der Waals surface area contributed by atoms with Gasteiger partial charge in [-0.15, -0.1) is 0 Å². The van der Waals surface area contributed by atoms with Crippen LogP contribution in [0.4, 0.5) is 0 Å². The first kappa shape index (κ1) is 29.3. The van der Waals surface area contributed by atoms with Gasteiger partial charge in [-0.05, 0) is 108 Å². The number of benzene rings is 8. The Balaban J connectivity index is 0.00000166. The summed E-state index contributed by atoms with van der Waals surface area (Å²) in [7, 11) is 0. The summed E-state index contributed by atoms with van der Waals surface area (Å²) in [6, 6.07) is 53.6. The van der Waals surface area contributed by atoms with Gasteiger partial charge in [-0.3, -0.25) is 0 Å². The van der Waals surface area contributed by atoms with Gasteiger partial charge in [-0.1, -0.05) is 166 Å². The van der Waals surface area contributed by atoms with Crippen LogP contribution in [0.1, 0.15) is 31.9 Å². The van der Waals surface area contributed by atoms with Gasteiger partial charge in [0, 0.05) is 0 Å². The zero-order valence-electron chi connectivity index (χ0n) is 27.0. The minimum atomic E-state index is 1.23. The van der Waals surface area contributed by atoms with Crippen LogP contribution in [0.3, 0.4) is 0 Å². The van der Waals surface area contributed by atoms with E-state index in [1.54, 1.807) is 0 Å². The van der Waals surface area contributed by atoms with E-state index in [1.807, 2.05) is 13.8 Å². The first-order valence-electron chi connectivity index (χ1n) is 16.4. The van der Waals surface area contributed by atoms with Crippen molar-refractivity contribution in [1.29, 1.82) is 0 Å². The maximum Gasteiger partial charge on any atom is -0.00264 e. The minimum Gasteiger partial charge on any atom is -0.0871 e. The number of allylic oxidation sites excluding steroid dienone is 1. The van der Waals surface area contributed by atoms with Crippen molar-refractivity contribution in [3.05, 3.63) is 163 Å². The van der Waals surface area contributed by atoms with Crippen molar-refractivity contribution in [3.8, 4) is 33.4 Å². The van der Waals surface area contributed by atoms with E-state index in [0.29, 0.717) is 0 Å². The molecule has 0 radical (unpaired) electrons. The van der Waals surface area contributed by atoms with Crippen molar-refractivity contribution in [2.75, 3.05) is 0 Å². The van der Waals surface area contributed by atoms with Gasteiger partial charge in [0.25, 0.3) is 0 Å². The summed E-state index contributed by atoms with van der Waals surface area (Å²) >= 11 is 0. The van der Waals surface area contributed by atoms with Gasteiger partial charge in [0.2, 0.25) is 0 Å². The SMILES string of the molecule is C/C=C\c1cc2c(ccc3c(-c4ccc(-c5c6ccccc6c(-c6ccccc6)c6ccccc56)cc4)cccc32)cc1C.CC. The Morgan fingerprint density at radius 2 is 0.935 bits per heavy atom. The molecule has 8 aromatic carbocycles. The largest absolute Gasteiger partial charge is 0.0871 e. The van der Waals surface area contributed by atoms with Crippen LogP contribution in [-0.2, 0) is 0 Å². The van der Waals surface area contributed by atoms with E-state index in [9.17, 15) is 0 Å². The molecule has 222 valence electrons. The number of rotatable bonds is 4. The van der Waals surface area contributed by atoms with E-state index in [2.05, 4.69) is 172 Å². The molecule has 0 heterocycles. The Labute approximate surface area is 272 Å². The molecular weight excluding hydrogens is 553 g/mol. The standard InChI is InChI=1S/C44H32.C2H6/c1-3-12-33-28-42-34(27-29(33)2)25-26-37-35(19-11-20-36(37)42)30-21-23-32(24-22-30)44-40-17-9-7-15-38(40)43(31-13-5-4-6-14-31)39-16-8-10-18-41(39)44;1-2/h3-28H,1-2H3;1-2H3/b12-3-;. The predicted molar refractivity (Wildman–Crippen MR) is 204 cm³/mol. The molecule has 0 bridgehead atoms. The normalized spacial score (nSPS) is 11.4. The number of hydrogen-bond donors (Lipinski definition) is 0. The lowest BCUT2D eigenvalue weighted by atomic mass is 9.85. The monoisotopic (exact) mass is 590 g/mol. The second-order valence-corrected chi connectivity index (χ2v) is 11.7. The highest BCUT2D eigenvalue weighted by atomic mass is 14.2. The molecule has 0 spiro atoms. The molecule has 0 saturated heterocycles. The summed E-state index contributed by atoms with van der Waals surface area (Å²) < 4.78 is 0. The van der Waals surface area contributed by atoms with Crippen molar-refractivity contribution < 1.29 is 0 Å². The molecule has 0 atom stereocenters. The fourth-order valence-corrected chi connectivity index (χ4v) is 7.05. The first-order chi connectivity index (χ1) is 22.7. The van der Waals surface area contributed by atoms with Crippen LogP contribution >= 0.6 is 0 Å². The van der Waals surface area contributed by atoms with E-state index in [4.69, 9.17) is 0 Å². The molecule has 0 heteroatoms. The Morgan fingerprint density at radius 1 is 0.413 bits per heavy atom. The van der Waals surface area contributed by atoms with E-state index in [0.717, 1.165) is 0 Å². The van der Waals surface area contributed by atoms with Crippen LogP contribution < -0.4 is 0 Å². The molecule has 0 aromatic heterocycles. The lowest BCUT2D eigenvalue weighted by Gasteiger charge is -2.18. The molecule has 0 nitrogen and oxygen atoms in total. The van der Waals surface area contributed by atoms with Gasteiger partial charge in [-0.2, -0.15) is 0 Å². The molecule has 8 aromatic rings. The topological polar surface area (TPSA) is 0 Å². The first-order valence-corrected chi connectivity index (χ1v) is 16.4. The third-order valence-electron chi connectivity index (χ3n) is 9.09. The van der Waals surface area contributed by atoms with Crippen molar-refractivity contribution >= 4 is 49.2 Å². The average molecular weight is 591 g/mol. The molecule has 8 rings (SSSR count). The third kappa shape index (κ3) is 4.97. The molecular formula is C46H38. The molecule has 0 fully saturated rings. The maximum atomic E-state index is 2.34. The zero-order chi connectivity index (χ0) is 31.6. The summed E-state index contributed by atoms with van der Waals surface area (Å²) in [4.78, 5) is 0. The Kier molecular flexibility index (Phi) is 7.95. The van der Waals surface area contributed by atoms with Gasteiger partial charge >= 0.3 is 0 Å². The van der Waals surface area contributed by atoms with Gasteiger partial charge in [0.1, 0.15) is 0 Å². The van der Waals surface area contributed by atoms with Gasteiger partial charge < -0.3 is 0 Å². The van der Waals surface area contributed by atoms with E-state index < -0.39 is 0 Å². The Morgan fingerprint density at radius 3 is 1.52 bits per heavy atom. The number of fused-ring (bicyclic) bond motifs is 5. The van der Waals surface area contributed by atoms with Crippen molar-refractivity contribution in [2.24, 2.45) is 0 Å². The van der Waals surface area contributed by atoms with Crippen molar-refractivity contribution in [2.45, 2.75) is 27.7 Å². The highest BCUT2D eigenvalue weighted by Gasteiger charge is 2.16. The van der Waals surface area contributed by atoms with Crippen LogP contribution in [-0.4, -0.2) is 0 Å². The highest BCUT2D eigenvalue weighted by Crippen LogP contribution is 2.44. The van der Waals surface area contributed by atoms with E-state index >= 15 is 0 Å². The summed E-state index contributed by atoms with van der Waals surface area (Å²) in [6.07, 6.45) is 4.32. The highest BCUT2D eigenvalue weighted by molar-refractivity contribution is 6.21. The number of aryl methyl sites for hydroxylation is 1. The van der Waals surface area contributed by atoms with Crippen LogP contribution in [0.5, 0.6) is 0 Å². The molecule has 0 aliphatic heterocycles. The van der Waals surface area contributed by atoms with Crippen molar-refractivity contribution in [1.82, 2.24) is 0 Å². The quantitative estimate of drug-likeness (QED) is 0.141. The smallest absolute Gasteiger partial charge is 0.00264 e. The van der Waals surface area contributed by atoms with Crippen LogP contribution in [0.2, 0.25) is 0 Å². The van der Waals surface area contributed by atoms with E-state index in [1.165, 1.54) is 87.6 Å². The van der Waals surface area contributed by atoms with Crippen LogP contribution in [0.25, 0.3) is 82.5 Å². The Hall–Kier alpha value is -5.46. The second kappa shape index (κ2) is 12.5. The molecule has 0 aliphatic rings. The molecule has 0 amide bonds. The Bertz CT molecular complexity index is 2320. The van der Waals surface area contributed by atoms with Gasteiger partial charge in [0.05, 0.1) is 0 Å². The fourth-order valence-electron chi connectivity index (χ4n) is 7.05. The lowest BCUT2D eigenvalue weighted by Crippen LogP contribution is -1.91. The average Bonchev–Trinajstić information content (AvgIpc) is 3.12. The molecule has 46 heavy (non-hydrogen) atoms. The molecule has 0 aliphatic carbocycles. The lowest BCUT2D eigenvalue weighted by molar-refractivity contribution is 1.47. The minimum absolute atomic E-state index is 1.23. The van der Waals surface area contributed by atoms with Crippen LogP contribution in [0, 0.1) is 6.92 Å². The summed E-state index contributed by atoms with van der Waals surface area (Å²) in [5, 5.41) is 10.3. The number of hydrogen-bond acceptors (Lipinski definition) is 0.